The van der Waals surface area contributed by atoms with Crippen LogP contribution in [0.15, 0.2) is 0 Å². The lowest BCUT2D eigenvalue weighted by Gasteiger charge is -2.03. The molecule has 0 aromatic heterocycles. The van der Waals surface area contributed by atoms with Crippen molar-refractivity contribution >= 4 is 38.2 Å². The Labute approximate surface area is 79.6 Å². The fourth-order valence-electron chi connectivity index (χ4n) is 0.764. The Bertz CT molecular complexity index is 266. The highest BCUT2D eigenvalue weighted by Crippen LogP contribution is 2.33. The number of sulfone groups is 1. The van der Waals surface area contributed by atoms with Crippen LogP contribution in [0, 0.1) is 5.92 Å². The number of Topliss-reactive ketones (excluding diaryl/α,β-unsaturated/α-hetero) is 1. The van der Waals surface area contributed by atoms with Crippen LogP contribution in [-0.4, -0.2) is 23.7 Å². The standard InChI is InChI=1S/C6H9IO3S/c1-11(9,10)6(7)5(8)4-2-3-4/h4,6H,2-3H2,1H3/t6-/m0/s1. The third kappa shape index (κ3) is 2.40. The van der Waals surface area contributed by atoms with Crippen LogP contribution in [-0.2, 0) is 14.6 Å². The van der Waals surface area contributed by atoms with Crippen molar-refractivity contribution in [3.8, 4) is 0 Å². The maximum absolute atomic E-state index is 11.2. The van der Waals surface area contributed by atoms with E-state index >= 15 is 0 Å². The van der Waals surface area contributed by atoms with Crippen LogP contribution in [0.5, 0.6) is 0 Å². The fourth-order valence-corrected chi connectivity index (χ4v) is 1.89. The molecule has 3 nitrogen and oxygen atoms in total. The Morgan fingerprint density at radius 2 is 2.00 bits per heavy atom. The summed E-state index contributed by atoms with van der Waals surface area (Å²) in [5.41, 5.74) is 0. The third-order valence-corrected chi connectivity index (χ3v) is 5.95. The van der Waals surface area contributed by atoms with Gasteiger partial charge in [-0.05, 0) is 12.8 Å². The number of carbonyl (C=O) groups is 1. The smallest absolute Gasteiger partial charge is 0.170 e. The van der Waals surface area contributed by atoms with Gasteiger partial charge in [-0.1, -0.05) is 22.6 Å². The molecule has 0 aromatic rings. The topological polar surface area (TPSA) is 51.2 Å². The Hall–Kier alpha value is 0.350. The van der Waals surface area contributed by atoms with E-state index in [-0.39, 0.29) is 11.7 Å². The molecule has 11 heavy (non-hydrogen) atoms. The normalized spacial score (nSPS) is 21.3. The van der Waals surface area contributed by atoms with Gasteiger partial charge in [0.25, 0.3) is 0 Å². The molecule has 0 radical (unpaired) electrons. The highest BCUT2D eigenvalue weighted by molar-refractivity contribution is 14.1. The Morgan fingerprint density at radius 3 is 2.27 bits per heavy atom. The van der Waals surface area contributed by atoms with Crippen LogP contribution in [0.1, 0.15) is 12.8 Å². The molecular weight excluding hydrogens is 279 g/mol. The first-order chi connectivity index (χ1) is 4.93. The molecule has 1 atom stereocenters. The zero-order chi connectivity index (χ0) is 8.65. The first-order valence-corrected chi connectivity index (χ1v) is 6.49. The fraction of sp³-hybridized carbons (Fsp3) is 0.833. The van der Waals surface area contributed by atoms with Crippen molar-refractivity contribution in [1.82, 2.24) is 0 Å². The molecule has 0 unspecified atom stereocenters. The second kappa shape index (κ2) is 3.01. The van der Waals surface area contributed by atoms with Crippen molar-refractivity contribution in [2.24, 2.45) is 5.92 Å². The summed E-state index contributed by atoms with van der Waals surface area (Å²) in [5.74, 6) is -0.0836. The van der Waals surface area contributed by atoms with Crippen molar-refractivity contribution < 1.29 is 13.2 Å². The van der Waals surface area contributed by atoms with Crippen molar-refractivity contribution in [1.29, 1.82) is 0 Å². The van der Waals surface area contributed by atoms with Gasteiger partial charge in [-0.3, -0.25) is 4.79 Å². The van der Waals surface area contributed by atoms with E-state index in [4.69, 9.17) is 0 Å². The van der Waals surface area contributed by atoms with E-state index in [0.717, 1.165) is 19.1 Å². The van der Waals surface area contributed by atoms with E-state index in [1.54, 1.807) is 22.6 Å². The van der Waals surface area contributed by atoms with Gasteiger partial charge in [-0.15, -0.1) is 0 Å². The van der Waals surface area contributed by atoms with Gasteiger partial charge in [0.05, 0.1) is 0 Å². The number of carbonyl (C=O) groups excluding carboxylic acids is 1. The van der Waals surface area contributed by atoms with E-state index in [0.29, 0.717) is 0 Å². The molecular formula is C6H9IO3S. The number of rotatable bonds is 3. The summed E-state index contributed by atoms with van der Waals surface area (Å²) < 4.78 is 20.9. The van der Waals surface area contributed by atoms with Crippen LogP contribution < -0.4 is 0 Å². The Kier molecular flexibility index (Phi) is 2.58. The largest absolute Gasteiger partial charge is 0.297 e. The summed E-state index contributed by atoms with van der Waals surface area (Å²) in [6, 6.07) is 0. The molecule has 0 amide bonds. The molecule has 1 aliphatic rings. The highest BCUT2D eigenvalue weighted by atomic mass is 127. The van der Waals surface area contributed by atoms with Gasteiger partial charge in [-0.25, -0.2) is 8.42 Å². The van der Waals surface area contributed by atoms with E-state index in [9.17, 15) is 13.2 Å². The maximum atomic E-state index is 11.2. The summed E-state index contributed by atoms with van der Waals surface area (Å²) in [6.45, 7) is 0. The summed E-state index contributed by atoms with van der Waals surface area (Å²) in [4.78, 5) is 11.2. The minimum absolute atomic E-state index is 0.0339. The van der Waals surface area contributed by atoms with Crippen LogP contribution >= 0.6 is 22.6 Å². The summed E-state index contributed by atoms with van der Waals surface area (Å²) >= 11 is 1.69. The van der Waals surface area contributed by atoms with Crippen molar-refractivity contribution in [2.45, 2.75) is 16.1 Å². The molecule has 0 bridgehead atoms. The first kappa shape index (κ1) is 9.44. The molecule has 1 saturated carbocycles. The second-order valence-corrected chi connectivity index (χ2v) is 7.04. The Balaban J connectivity index is 2.67. The summed E-state index contributed by atoms with van der Waals surface area (Å²) in [6.07, 6.45) is 2.84. The monoisotopic (exact) mass is 288 g/mol. The van der Waals surface area contributed by atoms with Crippen LogP contribution in [0.3, 0.4) is 0 Å². The lowest BCUT2D eigenvalue weighted by molar-refractivity contribution is -0.118. The van der Waals surface area contributed by atoms with Crippen molar-refractivity contribution in [3.63, 3.8) is 0 Å². The molecule has 1 rings (SSSR count). The molecule has 0 saturated heterocycles. The predicted octanol–water partition coefficient (Wildman–Crippen LogP) is 0.771. The molecule has 0 aromatic carbocycles. The molecule has 0 aliphatic heterocycles. The van der Waals surface area contributed by atoms with Gasteiger partial charge in [0.15, 0.2) is 18.9 Å². The van der Waals surface area contributed by atoms with Crippen LogP contribution in [0.2, 0.25) is 0 Å². The third-order valence-electron chi connectivity index (χ3n) is 1.58. The summed E-state index contributed by atoms with van der Waals surface area (Å²) in [5, 5.41) is 0. The molecule has 0 N–H and O–H groups in total. The summed E-state index contributed by atoms with van der Waals surface area (Å²) in [7, 11) is -3.17. The molecule has 0 spiro atoms. The zero-order valence-electron chi connectivity index (χ0n) is 6.08. The van der Waals surface area contributed by atoms with Crippen LogP contribution in [0.4, 0.5) is 0 Å². The van der Waals surface area contributed by atoms with Crippen molar-refractivity contribution in [3.05, 3.63) is 0 Å². The van der Waals surface area contributed by atoms with Gasteiger partial charge in [0, 0.05) is 12.2 Å². The lowest BCUT2D eigenvalue weighted by Crippen LogP contribution is -2.24. The molecule has 1 aliphatic carbocycles. The lowest BCUT2D eigenvalue weighted by atomic mass is 10.3. The quantitative estimate of drug-likeness (QED) is 0.569. The number of alkyl halides is 1. The van der Waals surface area contributed by atoms with E-state index in [1.165, 1.54) is 0 Å². The van der Waals surface area contributed by atoms with Crippen LogP contribution in [0.25, 0.3) is 0 Å². The molecule has 1 fully saturated rings. The first-order valence-electron chi connectivity index (χ1n) is 3.29. The predicted molar refractivity (Wildman–Crippen MR) is 50.4 cm³/mol. The van der Waals surface area contributed by atoms with Gasteiger partial charge < -0.3 is 0 Å². The van der Waals surface area contributed by atoms with Gasteiger partial charge in [0.1, 0.15) is 0 Å². The minimum Gasteiger partial charge on any atom is -0.297 e. The molecule has 64 valence electrons. The van der Waals surface area contributed by atoms with E-state index in [1.807, 2.05) is 0 Å². The number of hydrogen-bond donors (Lipinski definition) is 0. The van der Waals surface area contributed by atoms with Gasteiger partial charge >= 0.3 is 0 Å². The van der Waals surface area contributed by atoms with Crippen molar-refractivity contribution in [2.75, 3.05) is 6.26 Å². The Morgan fingerprint density at radius 1 is 1.55 bits per heavy atom. The average Bonchev–Trinajstić information content (AvgIpc) is 2.63. The number of ketones is 1. The van der Waals surface area contributed by atoms with Gasteiger partial charge in [0.2, 0.25) is 0 Å². The molecule has 5 heteroatoms. The van der Waals surface area contributed by atoms with E-state index in [2.05, 4.69) is 0 Å². The molecule has 0 heterocycles. The minimum atomic E-state index is -3.17. The number of halogens is 1. The zero-order valence-corrected chi connectivity index (χ0v) is 9.05. The maximum Gasteiger partial charge on any atom is 0.170 e. The highest BCUT2D eigenvalue weighted by Gasteiger charge is 2.37. The average molecular weight is 288 g/mol. The SMILES string of the molecule is CS(=O)(=O)[C@H](I)C(=O)C1CC1. The van der Waals surface area contributed by atoms with Gasteiger partial charge in [-0.2, -0.15) is 0 Å². The number of hydrogen-bond acceptors (Lipinski definition) is 3. The van der Waals surface area contributed by atoms with E-state index < -0.39 is 13.1 Å². The second-order valence-electron chi connectivity index (χ2n) is 2.82.